The van der Waals surface area contributed by atoms with Gasteiger partial charge in [-0.05, 0) is 11.6 Å². The number of ether oxygens (including phenoxy) is 1. The molecule has 0 saturated carbocycles. The molecular weight excluding hydrogens is 282 g/mol. The molecule has 0 unspecified atom stereocenters. The Bertz CT molecular complexity index is 695. The van der Waals surface area contributed by atoms with Crippen LogP contribution >= 0.6 is 0 Å². The van der Waals surface area contributed by atoms with E-state index >= 15 is 0 Å². The molecule has 22 heavy (non-hydrogen) atoms. The number of hydrogen-bond donors (Lipinski definition) is 1. The van der Waals surface area contributed by atoms with E-state index in [2.05, 4.69) is 4.98 Å². The van der Waals surface area contributed by atoms with Gasteiger partial charge in [0.25, 0.3) is 0 Å². The van der Waals surface area contributed by atoms with Crippen LogP contribution in [0.2, 0.25) is 0 Å². The van der Waals surface area contributed by atoms with E-state index in [-0.39, 0.29) is 12.0 Å². The Morgan fingerprint density at radius 1 is 1.41 bits per heavy atom. The van der Waals surface area contributed by atoms with Crippen molar-refractivity contribution in [3.05, 3.63) is 36.0 Å². The second kappa shape index (κ2) is 6.09. The molecule has 6 nitrogen and oxygen atoms in total. The molecule has 1 saturated heterocycles. The van der Waals surface area contributed by atoms with Crippen molar-refractivity contribution in [1.82, 2.24) is 14.8 Å². The van der Waals surface area contributed by atoms with Gasteiger partial charge in [-0.3, -0.25) is 4.79 Å². The summed E-state index contributed by atoms with van der Waals surface area (Å²) in [4.78, 5) is 30.1. The van der Waals surface area contributed by atoms with Crippen LogP contribution in [0.15, 0.2) is 30.5 Å². The lowest BCUT2D eigenvalue weighted by Gasteiger charge is -2.20. The first kappa shape index (κ1) is 14.4. The van der Waals surface area contributed by atoms with E-state index in [1.807, 2.05) is 30.5 Å². The molecule has 0 bridgehead atoms. The van der Waals surface area contributed by atoms with Crippen molar-refractivity contribution in [3.8, 4) is 0 Å². The first-order valence-electron chi connectivity index (χ1n) is 7.36. The van der Waals surface area contributed by atoms with E-state index in [0.717, 1.165) is 16.5 Å². The highest BCUT2D eigenvalue weighted by Gasteiger charge is 2.22. The standard InChI is InChI=1S/C16H19N3O3/c1-18(6-7-19-8-9-22-16(19)21)15(20)10-12-11-17-14-5-3-2-4-13(12)14/h2-5,11,17H,6-10H2,1H3. The van der Waals surface area contributed by atoms with Gasteiger partial charge >= 0.3 is 6.09 Å². The van der Waals surface area contributed by atoms with E-state index in [0.29, 0.717) is 32.7 Å². The topological polar surface area (TPSA) is 65.6 Å². The zero-order valence-electron chi connectivity index (χ0n) is 12.5. The smallest absolute Gasteiger partial charge is 0.409 e. The van der Waals surface area contributed by atoms with Crippen LogP contribution in [0.1, 0.15) is 5.56 Å². The number of nitrogens with zero attached hydrogens (tertiary/aromatic N) is 2. The first-order chi connectivity index (χ1) is 10.6. The van der Waals surface area contributed by atoms with Crippen LogP contribution in [0.5, 0.6) is 0 Å². The van der Waals surface area contributed by atoms with E-state index in [4.69, 9.17) is 4.74 Å². The largest absolute Gasteiger partial charge is 0.448 e. The number of cyclic esters (lactones) is 1. The predicted octanol–water partition coefficient (Wildman–Crippen LogP) is 1.62. The number of para-hydroxylation sites is 1. The maximum Gasteiger partial charge on any atom is 0.409 e. The monoisotopic (exact) mass is 301 g/mol. The number of aromatic amines is 1. The highest BCUT2D eigenvalue weighted by atomic mass is 16.6. The van der Waals surface area contributed by atoms with Crippen LogP contribution in [0, 0.1) is 0 Å². The number of hydrogen-bond acceptors (Lipinski definition) is 3. The van der Waals surface area contributed by atoms with Gasteiger partial charge in [0.1, 0.15) is 6.61 Å². The fourth-order valence-corrected chi connectivity index (χ4v) is 2.60. The minimum absolute atomic E-state index is 0.0392. The first-order valence-corrected chi connectivity index (χ1v) is 7.36. The summed E-state index contributed by atoms with van der Waals surface area (Å²) in [5.41, 5.74) is 2.03. The lowest BCUT2D eigenvalue weighted by atomic mass is 10.1. The minimum Gasteiger partial charge on any atom is -0.448 e. The summed E-state index contributed by atoms with van der Waals surface area (Å²) >= 11 is 0. The number of H-pyrrole nitrogens is 1. The molecule has 0 aliphatic carbocycles. The van der Waals surface area contributed by atoms with Gasteiger partial charge in [-0.2, -0.15) is 0 Å². The predicted molar refractivity (Wildman–Crippen MR) is 82.6 cm³/mol. The van der Waals surface area contributed by atoms with E-state index in [1.165, 1.54) is 0 Å². The van der Waals surface area contributed by atoms with Crippen molar-refractivity contribution in [3.63, 3.8) is 0 Å². The molecule has 0 spiro atoms. The molecule has 3 rings (SSSR count). The SMILES string of the molecule is CN(CCN1CCOC1=O)C(=O)Cc1c[nH]c2ccccc12. The molecule has 6 heteroatoms. The number of carbonyl (C=O) groups excluding carboxylic acids is 2. The molecule has 1 aromatic carbocycles. The fourth-order valence-electron chi connectivity index (χ4n) is 2.60. The van der Waals surface area contributed by atoms with Gasteiger partial charge in [-0.15, -0.1) is 0 Å². The van der Waals surface area contributed by atoms with Crippen molar-refractivity contribution >= 4 is 22.9 Å². The van der Waals surface area contributed by atoms with E-state index in [1.54, 1.807) is 16.8 Å². The van der Waals surface area contributed by atoms with Gasteiger partial charge in [0.05, 0.1) is 13.0 Å². The molecule has 2 amide bonds. The number of rotatable bonds is 5. The van der Waals surface area contributed by atoms with Crippen LogP contribution in [0.3, 0.4) is 0 Å². The van der Waals surface area contributed by atoms with Crippen molar-refractivity contribution in [1.29, 1.82) is 0 Å². The Morgan fingerprint density at radius 2 is 2.23 bits per heavy atom. The number of amides is 2. The molecule has 1 aromatic heterocycles. The van der Waals surface area contributed by atoms with Crippen LogP contribution in [-0.4, -0.2) is 60.1 Å². The summed E-state index contributed by atoms with van der Waals surface area (Å²) in [5.74, 6) is 0.0392. The van der Waals surface area contributed by atoms with Gasteiger partial charge in [-0.25, -0.2) is 4.79 Å². The Morgan fingerprint density at radius 3 is 3.00 bits per heavy atom. The molecule has 1 N–H and O–H groups in total. The number of nitrogens with one attached hydrogen (secondary N) is 1. The summed E-state index contributed by atoms with van der Waals surface area (Å²) in [6.45, 7) is 2.06. The number of benzene rings is 1. The Balaban J connectivity index is 1.58. The van der Waals surface area contributed by atoms with Gasteiger partial charge in [0.15, 0.2) is 0 Å². The molecule has 2 heterocycles. The van der Waals surface area contributed by atoms with E-state index in [9.17, 15) is 9.59 Å². The molecule has 2 aromatic rings. The highest BCUT2D eigenvalue weighted by Crippen LogP contribution is 2.18. The molecular formula is C16H19N3O3. The van der Waals surface area contributed by atoms with Crippen molar-refractivity contribution in [2.24, 2.45) is 0 Å². The second-order valence-electron chi connectivity index (χ2n) is 5.45. The average Bonchev–Trinajstić information content (AvgIpc) is 3.12. The van der Waals surface area contributed by atoms with Crippen molar-refractivity contribution < 1.29 is 14.3 Å². The lowest BCUT2D eigenvalue weighted by Crippen LogP contribution is -2.37. The fraction of sp³-hybridized carbons (Fsp3) is 0.375. The number of likely N-dealkylation sites (N-methyl/N-ethyl adjacent to an activating group) is 1. The minimum atomic E-state index is -0.294. The third kappa shape index (κ3) is 2.90. The van der Waals surface area contributed by atoms with Crippen LogP contribution in [0.25, 0.3) is 10.9 Å². The van der Waals surface area contributed by atoms with Crippen LogP contribution in [0.4, 0.5) is 4.79 Å². The summed E-state index contributed by atoms with van der Waals surface area (Å²) < 4.78 is 4.87. The Hall–Kier alpha value is -2.50. The normalized spacial score (nSPS) is 14.4. The Kier molecular flexibility index (Phi) is 4.00. The quantitative estimate of drug-likeness (QED) is 0.912. The van der Waals surface area contributed by atoms with Gasteiger partial charge in [0, 0.05) is 37.2 Å². The second-order valence-corrected chi connectivity index (χ2v) is 5.45. The summed E-state index contributed by atoms with van der Waals surface area (Å²) in [6.07, 6.45) is 1.94. The summed E-state index contributed by atoms with van der Waals surface area (Å²) in [6, 6.07) is 7.93. The molecule has 1 aliphatic heterocycles. The highest BCUT2D eigenvalue weighted by molar-refractivity contribution is 5.88. The number of fused-ring (bicyclic) bond motifs is 1. The molecule has 0 atom stereocenters. The maximum absolute atomic E-state index is 12.3. The van der Waals surface area contributed by atoms with Gasteiger partial charge in [0.2, 0.25) is 5.91 Å². The lowest BCUT2D eigenvalue weighted by molar-refractivity contribution is -0.129. The van der Waals surface area contributed by atoms with Crippen molar-refractivity contribution in [2.45, 2.75) is 6.42 Å². The van der Waals surface area contributed by atoms with E-state index < -0.39 is 0 Å². The van der Waals surface area contributed by atoms with Crippen LogP contribution < -0.4 is 0 Å². The average molecular weight is 301 g/mol. The van der Waals surface area contributed by atoms with Gasteiger partial charge < -0.3 is 19.5 Å². The maximum atomic E-state index is 12.3. The summed E-state index contributed by atoms with van der Waals surface area (Å²) in [7, 11) is 1.76. The molecule has 1 aliphatic rings. The molecule has 116 valence electrons. The zero-order valence-corrected chi connectivity index (χ0v) is 12.5. The number of carbonyl (C=O) groups is 2. The summed E-state index contributed by atoms with van der Waals surface area (Å²) in [5, 5.41) is 1.08. The zero-order chi connectivity index (χ0) is 15.5. The third-order valence-electron chi connectivity index (χ3n) is 3.99. The van der Waals surface area contributed by atoms with Crippen LogP contribution in [-0.2, 0) is 16.0 Å². The third-order valence-corrected chi connectivity index (χ3v) is 3.99. The number of aromatic nitrogens is 1. The Labute approximate surface area is 128 Å². The van der Waals surface area contributed by atoms with Gasteiger partial charge in [-0.1, -0.05) is 18.2 Å². The van der Waals surface area contributed by atoms with Crippen molar-refractivity contribution in [2.75, 3.05) is 33.3 Å². The molecule has 1 fully saturated rings. The molecule has 0 radical (unpaired) electrons.